The van der Waals surface area contributed by atoms with Gasteiger partial charge in [-0.05, 0) is 18.2 Å². The number of rotatable bonds is 6. The second-order valence-electron chi connectivity index (χ2n) is 4.61. The van der Waals surface area contributed by atoms with E-state index in [-0.39, 0.29) is 24.7 Å². The van der Waals surface area contributed by atoms with E-state index >= 15 is 0 Å². The van der Waals surface area contributed by atoms with Crippen LogP contribution in [0.3, 0.4) is 0 Å². The summed E-state index contributed by atoms with van der Waals surface area (Å²) < 4.78 is 31.8. The Balaban J connectivity index is 2.12. The van der Waals surface area contributed by atoms with Gasteiger partial charge in [0.1, 0.15) is 11.9 Å². The normalized spacial score (nSPS) is 11.8. The minimum Gasteiger partial charge on any atom is -0.436 e. The summed E-state index contributed by atoms with van der Waals surface area (Å²) in [6, 6.07) is 6.10. The van der Waals surface area contributed by atoms with Gasteiger partial charge in [0.05, 0.1) is 0 Å². The van der Waals surface area contributed by atoms with Crippen LogP contribution in [0.1, 0.15) is 5.56 Å². The van der Waals surface area contributed by atoms with Crippen LogP contribution in [0.2, 0.25) is 0 Å². The molecule has 4 N–H and O–H groups in total. The van der Waals surface area contributed by atoms with Crippen molar-refractivity contribution in [3.8, 4) is 11.6 Å². The van der Waals surface area contributed by atoms with Crippen molar-refractivity contribution in [3.63, 3.8) is 0 Å². The third-order valence-electron chi connectivity index (χ3n) is 2.93. The second-order valence-corrected chi connectivity index (χ2v) is 4.61. The van der Waals surface area contributed by atoms with Gasteiger partial charge in [0.25, 0.3) is 0 Å². The third kappa shape index (κ3) is 4.44. The van der Waals surface area contributed by atoms with Crippen LogP contribution in [0.5, 0.6) is 11.6 Å². The largest absolute Gasteiger partial charge is 0.436 e. The van der Waals surface area contributed by atoms with E-state index in [0.29, 0.717) is 11.6 Å². The molecule has 0 unspecified atom stereocenters. The molecule has 0 radical (unpaired) electrons. The molecule has 0 aliphatic carbocycles. The first-order valence-electron chi connectivity index (χ1n) is 6.74. The third-order valence-corrected chi connectivity index (χ3v) is 2.93. The molecule has 8 heteroatoms. The number of halogens is 2. The van der Waals surface area contributed by atoms with E-state index in [9.17, 15) is 18.7 Å². The lowest BCUT2D eigenvalue weighted by Crippen LogP contribution is -2.38. The molecule has 23 heavy (non-hydrogen) atoms. The highest BCUT2D eigenvalue weighted by Crippen LogP contribution is 2.25. The predicted octanol–water partition coefficient (Wildman–Crippen LogP) is 1.09. The molecule has 2 aromatic rings. The van der Waals surface area contributed by atoms with Crippen LogP contribution in [-0.4, -0.2) is 28.6 Å². The van der Waals surface area contributed by atoms with Crippen LogP contribution in [-0.2, 0) is 11.3 Å². The molecular formula is C15H15F2N3O3. The van der Waals surface area contributed by atoms with Gasteiger partial charge in [-0.1, -0.05) is 6.07 Å². The van der Waals surface area contributed by atoms with Gasteiger partial charge in [0.15, 0.2) is 11.6 Å². The Morgan fingerprint density at radius 2 is 2.17 bits per heavy atom. The molecule has 0 fully saturated rings. The van der Waals surface area contributed by atoms with Crippen LogP contribution in [0.4, 0.5) is 8.78 Å². The number of nitrogens with two attached hydrogens (primary N) is 1. The minimum atomic E-state index is -1.31. The Hall–Kier alpha value is -2.58. The molecule has 1 amide bonds. The number of benzene rings is 1. The number of ether oxygens (including phenoxy) is 1. The Labute approximate surface area is 130 Å². The number of aliphatic hydroxyl groups is 1. The lowest BCUT2D eigenvalue weighted by molar-refractivity contribution is -0.128. The molecule has 1 heterocycles. The average molecular weight is 323 g/mol. The zero-order chi connectivity index (χ0) is 16.8. The molecule has 122 valence electrons. The molecule has 0 saturated heterocycles. The predicted molar refractivity (Wildman–Crippen MR) is 77.6 cm³/mol. The first kappa shape index (κ1) is 16.8. The summed E-state index contributed by atoms with van der Waals surface area (Å²) in [4.78, 5) is 15.5. The van der Waals surface area contributed by atoms with Crippen molar-refractivity contribution in [3.05, 3.63) is 53.7 Å². The molecule has 1 aromatic carbocycles. The Bertz CT molecular complexity index is 697. The SMILES string of the molecule is NC[C@H](O)C(=O)NCc1cccnc1Oc1ccc(F)cc1F. The summed E-state index contributed by atoms with van der Waals surface area (Å²) in [7, 11) is 0. The fraction of sp³-hybridized carbons (Fsp3) is 0.200. The number of hydrogen-bond acceptors (Lipinski definition) is 5. The maximum Gasteiger partial charge on any atom is 0.250 e. The van der Waals surface area contributed by atoms with Crippen molar-refractivity contribution in [2.75, 3.05) is 6.54 Å². The first-order chi connectivity index (χ1) is 11.0. The Morgan fingerprint density at radius 3 is 2.87 bits per heavy atom. The van der Waals surface area contributed by atoms with Crippen LogP contribution < -0.4 is 15.8 Å². The topological polar surface area (TPSA) is 97.5 Å². The number of aliphatic hydroxyl groups excluding tert-OH is 1. The zero-order valence-electron chi connectivity index (χ0n) is 12.0. The van der Waals surface area contributed by atoms with Gasteiger partial charge in [0, 0.05) is 30.9 Å². The monoisotopic (exact) mass is 323 g/mol. The number of hydrogen-bond donors (Lipinski definition) is 3. The highest BCUT2D eigenvalue weighted by atomic mass is 19.1. The van der Waals surface area contributed by atoms with E-state index in [4.69, 9.17) is 10.5 Å². The first-order valence-corrected chi connectivity index (χ1v) is 6.74. The quantitative estimate of drug-likeness (QED) is 0.739. The molecule has 0 aliphatic rings. The summed E-state index contributed by atoms with van der Waals surface area (Å²) in [5, 5.41) is 11.8. The second kappa shape index (κ2) is 7.61. The maximum atomic E-state index is 13.6. The van der Waals surface area contributed by atoms with Crippen LogP contribution in [0.25, 0.3) is 0 Å². The summed E-state index contributed by atoms with van der Waals surface area (Å²) in [5.41, 5.74) is 5.64. The standard InChI is InChI=1S/C15H15F2N3O3/c16-10-3-4-13(11(17)6-10)23-15-9(2-1-5-19-15)8-20-14(22)12(21)7-18/h1-6,12,21H,7-8,18H2,(H,20,22)/t12-/m0/s1. The highest BCUT2D eigenvalue weighted by Gasteiger charge is 2.15. The summed E-state index contributed by atoms with van der Waals surface area (Å²) in [6.45, 7) is -0.203. The smallest absolute Gasteiger partial charge is 0.250 e. The maximum absolute atomic E-state index is 13.6. The van der Waals surface area contributed by atoms with Crippen LogP contribution >= 0.6 is 0 Å². The zero-order valence-corrected chi connectivity index (χ0v) is 12.0. The Kier molecular flexibility index (Phi) is 5.56. The molecule has 6 nitrogen and oxygen atoms in total. The number of nitrogens with zero attached hydrogens (tertiary/aromatic N) is 1. The van der Waals surface area contributed by atoms with Crippen molar-refractivity contribution in [1.82, 2.24) is 10.3 Å². The van der Waals surface area contributed by atoms with Crippen LogP contribution in [0.15, 0.2) is 36.5 Å². The van der Waals surface area contributed by atoms with Crippen molar-refractivity contribution in [1.29, 1.82) is 0 Å². The summed E-state index contributed by atoms with van der Waals surface area (Å²) >= 11 is 0. The molecule has 2 rings (SSSR count). The van der Waals surface area contributed by atoms with Crippen molar-refractivity contribution in [2.24, 2.45) is 5.73 Å². The molecule has 0 bridgehead atoms. The highest BCUT2D eigenvalue weighted by molar-refractivity contribution is 5.80. The molecule has 1 aromatic heterocycles. The number of carbonyl (C=O) groups is 1. The van der Waals surface area contributed by atoms with Gasteiger partial charge >= 0.3 is 0 Å². The molecule has 0 spiro atoms. The summed E-state index contributed by atoms with van der Waals surface area (Å²) in [6.07, 6.45) is 0.113. The lowest BCUT2D eigenvalue weighted by atomic mass is 10.2. The van der Waals surface area contributed by atoms with Crippen molar-refractivity contribution < 1.29 is 23.4 Å². The van der Waals surface area contributed by atoms with Crippen molar-refractivity contribution in [2.45, 2.75) is 12.6 Å². The fourth-order valence-electron chi connectivity index (χ4n) is 1.72. The number of pyridine rings is 1. The minimum absolute atomic E-state index is 0.00187. The van der Waals surface area contributed by atoms with E-state index in [1.165, 1.54) is 6.20 Å². The van der Waals surface area contributed by atoms with E-state index in [1.807, 2.05) is 0 Å². The number of aromatic nitrogens is 1. The van der Waals surface area contributed by atoms with E-state index in [0.717, 1.165) is 12.1 Å². The van der Waals surface area contributed by atoms with Gasteiger partial charge in [-0.2, -0.15) is 0 Å². The van der Waals surface area contributed by atoms with Gasteiger partial charge < -0.3 is 20.9 Å². The molecule has 1 atom stereocenters. The van der Waals surface area contributed by atoms with Gasteiger partial charge in [-0.15, -0.1) is 0 Å². The number of nitrogens with one attached hydrogen (secondary N) is 1. The van der Waals surface area contributed by atoms with Crippen LogP contribution in [0, 0.1) is 11.6 Å². The molecular weight excluding hydrogens is 308 g/mol. The van der Waals surface area contributed by atoms with Gasteiger partial charge in [-0.25, -0.2) is 13.8 Å². The fourth-order valence-corrected chi connectivity index (χ4v) is 1.72. The number of carbonyl (C=O) groups excluding carboxylic acids is 1. The van der Waals surface area contributed by atoms with E-state index < -0.39 is 23.6 Å². The molecule has 0 saturated carbocycles. The van der Waals surface area contributed by atoms with Gasteiger partial charge in [-0.3, -0.25) is 4.79 Å². The lowest BCUT2D eigenvalue weighted by Gasteiger charge is -2.12. The van der Waals surface area contributed by atoms with Crippen molar-refractivity contribution >= 4 is 5.91 Å². The molecule has 0 aliphatic heterocycles. The summed E-state index contributed by atoms with van der Waals surface area (Å²) in [5.74, 6) is -2.38. The van der Waals surface area contributed by atoms with E-state index in [1.54, 1.807) is 12.1 Å². The van der Waals surface area contributed by atoms with Gasteiger partial charge in [0.2, 0.25) is 11.8 Å². The van der Waals surface area contributed by atoms with E-state index in [2.05, 4.69) is 10.3 Å². The Morgan fingerprint density at radius 1 is 1.39 bits per heavy atom. The average Bonchev–Trinajstić information content (AvgIpc) is 2.55. The number of amides is 1.